The molecule has 0 bridgehead atoms. The molecule has 8 nitrogen and oxygen atoms in total. The fraction of sp³-hybridized carbons (Fsp3) is 0.333. The van der Waals surface area contributed by atoms with Gasteiger partial charge >= 0.3 is 11.9 Å². The van der Waals surface area contributed by atoms with Crippen molar-refractivity contribution in [2.45, 2.75) is 25.3 Å². The van der Waals surface area contributed by atoms with Gasteiger partial charge in [0.1, 0.15) is 17.3 Å². The second kappa shape index (κ2) is 10.2. The van der Waals surface area contributed by atoms with Crippen LogP contribution in [0.4, 0.5) is 0 Å². The summed E-state index contributed by atoms with van der Waals surface area (Å²) in [6, 6.07) is 10.6. The molecule has 0 N–H and O–H groups in total. The molecule has 0 aromatic heterocycles. The number of carbonyl (C=O) groups is 2. The Morgan fingerprint density at radius 1 is 0.933 bits per heavy atom. The number of rotatable bonds is 9. The number of hydrogen-bond donors (Lipinski definition) is 0. The van der Waals surface area contributed by atoms with E-state index in [9.17, 15) is 18.0 Å². The summed E-state index contributed by atoms with van der Waals surface area (Å²) in [5, 5.41) is 0. The second-order valence-electron chi connectivity index (χ2n) is 6.22. The Labute approximate surface area is 176 Å². The second-order valence-corrected chi connectivity index (χ2v) is 8.13. The number of esters is 2. The molecule has 2 rings (SSSR count). The number of carbonyl (C=O) groups excluding carboxylic acids is 2. The highest BCUT2D eigenvalue weighted by Gasteiger charge is 2.27. The van der Waals surface area contributed by atoms with Gasteiger partial charge in [0, 0.05) is 13.1 Å². The van der Waals surface area contributed by atoms with Crippen molar-refractivity contribution in [3.05, 3.63) is 59.2 Å². The quantitative estimate of drug-likeness (QED) is 0.559. The molecule has 30 heavy (non-hydrogen) atoms. The normalized spacial score (nSPS) is 11.2. The van der Waals surface area contributed by atoms with E-state index in [1.54, 1.807) is 38.1 Å². The third-order valence-corrected chi connectivity index (χ3v) is 6.51. The Bertz CT molecular complexity index is 1010. The van der Waals surface area contributed by atoms with Gasteiger partial charge in [-0.05, 0) is 35.9 Å². The molecular weight excluding hydrogens is 410 g/mol. The summed E-state index contributed by atoms with van der Waals surface area (Å²) in [5.41, 5.74) is 1.00. The molecule has 0 saturated carbocycles. The smallest absolute Gasteiger partial charge is 0.338 e. The highest BCUT2D eigenvalue weighted by atomic mass is 32.2. The van der Waals surface area contributed by atoms with Crippen LogP contribution in [-0.2, 0) is 26.1 Å². The number of ether oxygens (including phenoxy) is 3. The van der Waals surface area contributed by atoms with E-state index in [2.05, 4.69) is 4.74 Å². The molecular formula is C21H25NO7S. The first kappa shape index (κ1) is 23.4. The van der Waals surface area contributed by atoms with Crippen molar-refractivity contribution in [1.82, 2.24) is 4.31 Å². The van der Waals surface area contributed by atoms with Gasteiger partial charge in [0.2, 0.25) is 10.0 Å². The Morgan fingerprint density at radius 2 is 1.60 bits per heavy atom. The summed E-state index contributed by atoms with van der Waals surface area (Å²) in [5.74, 6) is -1.05. The zero-order chi connectivity index (χ0) is 22.3. The van der Waals surface area contributed by atoms with Crippen LogP contribution in [0.2, 0.25) is 0 Å². The summed E-state index contributed by atoms with van der Waals surface area (Å²) in [7, 11) is -1.19. The molecule has 0 spiro atoms. The highest BCUT2D eigenvalue weighted by Crippen LogP contribution is 2.28. The third kappa shape index (κ3) is 5.17. The standard InChI is InChI=1S/C21H25NO7S/c1-5-22(6-2)30(25,26)19-13-17(10-11-18(19)27-3)21(24)29-14-15-8-7-9-16(12-15)20(23)28-4/h7-13H,5-6,14H2,1-4H3. The summed E-state index contributed by atoms with van der Waals surface area (Å²) >= 11 is 0. The molecule has 0 aliphatic rings. The van der Waals surface area contributed by atoms with Gasteiger partial charge < -0.3 is 14.2 Å². The fourth-order valence-electron chi connectivity index (χ4n) is 2.85. The van der Waals surface area contributed by atoms with E-state index in [1.165, 1.54) is 36.7 Å². The highest BCUT2D eigenvalue weighted by molar-refractivity contribution is 7.89. The van der Waals surface area contributed by atoms with E-state index in [0.717, 1.165) is 0 Å². The first-order valence-electron chi connectivity index (χ1n) is 9.31. The summed E-state index contributed by atoms with van der Waals surface area (Å²) < 4.78 is 42.2. The summed E-state index contributed by atoms with van der Waals surface area (Å²) in [6.07, 6.45) is 0. The largest absolute Gasteiger partial charge is 0.495 e. The number of benzene rings is 2. The van der Waals surface area contributed by atoms with E-state index < -0.39 is 22.0 Å². The van der Waals surface area contributed by atoms with E-state index in [-0.39, 0.29) is 35.9 Å². The predicted molar refractivity (Wildman–Crippen MR) is 110 cm³/mol. The van der Waals surface area contributed by atoms with Gasteiger partial charge in [-0.15, -0.1) is 0 Å². The van der Waals surface area contributed by atoms with Crippen LogP contribution < -0.4 is 4.74 Å². The van der Waals surface area contributed by atoms with Gasteiger partial charge in [-0.2, -0.15) is 4.31 Å². The zero-order valence-electron chi connectivity index (χ0n) is 17.4. The Hall–Kier alpha value is -2.91. The lowest BCUT2D eigenvalue weighted by molar-refractivity contribution is 0.0472. The monoisotopic (exact) mass is 435 g/mol. The van der Waals surface area contributed by atoms with Crippen LogP contribution in [0.1, 0.15) is 40.1 Å². The van der Waals surface area contributed by atoms with Gasteiger partial charge in [0.15, 0.2) is 0 Å². The van der Waals surface area contributed by atoms with Crippen molar-refractivity contribution in [2.75, 3.05) is 27.3 Å². The summed E-state index contributed by atoms with van der Waals surface area (Å²) in [6.45, 7) is 3.94. The molecule has 0 heterocycles. The molecule has 2 aromatic carbocycles. The lowest BCUT2D eigenvalue weighted by Gasteiger charge is -2.20. The van der Waals surface area contributed by atoms with Crippen LogP contribution in [0, 0.1) is 0 Å². The summed E-state index contributed by atoms with van der Waals surface area (Å²) in [4.78, 5) is 24.0. The van der Waals surface area contributed by atoms with Crippen LogP contribution >= 0.6 is 0 Å². The fourth-order valence-corrected chi connectivity index (χ4v) is 4.49. The van der Waals surface area contributed by atoms with E-state index >= 15 is 0 Å². The molecule has 0 aliphatic carbocycles. The van der Waals surface area contributed by atoms with Gasteiger partial charge in [-0.3, -0.25) is 0 Å². The van der Waals surface area contributed by atoms with Crippen molar-refractivity contribution in [2.24, 2.45) is 0 Å². The Kier molecular flexibility index (Phi) is 7.96. The predicted octanol–water partition coefficient (Wildman–Crippen LogP) is 2.87. The van der Waals surface area contributed by atoms with E-state index in [4.69, 9.17) is 9.47 Å². The van der Waals surface area contributed by atoms with Gasteiger partial charge in [0.05, 0.1) is 25.3 Å². The minimum Gasteiger partial charge on any atom is -0.495 e. The minimum atomic E-state index is -3.84. The maximum atomic E-state index is 12.9. The lowest BCUT2D eigenvalue weighted by Crippen LogP contribution is -2.31. The Morgan fingerprint density at radius 3 is 2.20 bits per heavy atom. The van der Waals surface area contributed by atoms with E-state index in [0.29, 0.717) is 11.1 Å². The van der Waals surface area contributed by atoms with Crippen LogP contribution in [0.3, 0.4) is 0 Å². The first-order valence-corrected chi connectivity index (χ1v) is 10.7. The molecule has 9 heteroatoms. The molecule has 0 amide bonds. The van der Waals surface area contributed by atoms with Crippen LogP contribution in [0.5, 0.6) is 5.75 Å². The molecule has 0 unspecified atom stereocenters. The third-order valence-electron chi connectivity index (χ3n) is 4.44. The van der Waals surface area contributed by atoms with Crippen molar-refractivity contribution < 1.29 is 32.2 Å². The van der Waals surface area contributed by atoms with Crippen molar-refractivity contribution >= 4 is 22.0 Å². The Balaban J connectivity index is 2.26. The number of hydrogen-bond acceptors (Lipinski definition) is 7. The average Bonchev–Trinajstić information content (AvgIpc) is 2.77. The topological polar surface area (TPSA) is 99.2 Å². The molecule has 2 aromatic rings. The number of sulfonamides is 1. The van der Waals surface area contributed by atoms with Crippen LogP contribution in [-0.4, -0.2) is 52.0 Å². The molecule has 0 aliphatic heterocycles. The molecule has 0 saturated heterocycles. The molecule has 0 fully saturated rings. The molecule has 162 valence electrons. The molecule has 0 atom stereocenters. The van der Waals surface area contributed by atoms with Crippen molar-refractivity contribution in [1.29, 1.82) is 0 Å². The van der Waals surface area contributed by atoms with Gasteiger partial charge in [-0.1, -0.05) is 26.0 Å². The van der Waals surface area contributed by atoms with Gasteiger partial charge in [0.25, 0.3) is 0 Å². The SMILES string of the molecule is CCN(CC)S(=O)(=O)c1cc(C(=O)OCc2cccc(C(=O)OC)c2)ccc1OC. The lowest BCUT2D eigenvalue weighted by atomic mass is 10.1. The minimum absolute atomic E-state index is 0.0747. The average molecular weight is 435 g/mol. The number of nitrogens with zero attached hydrogens (tertiary/aromatic N) is 1. The zero-order valence-corrected chi connectivity index (χ0v) is 18.2. The van der Waals surface area contributed by atoms with Crippen molar-refractivity contribution in [3.8, 4) is 5.75 Å². The molecule has 0 radical (unpaired) electrons. The number of methoxy groups -OCH3 is 2. The maximum absolute atomic E-state index is 12.9. The first-order chi connectivity index (χ1) is 14.3. The van der Waals surface area contributed by atoms with Crippen LogP contribution in [0.15, 0.2) is 47.4 Å². The maximum Gasteiger partial charge on any atom is 0.338 e. The van der Waals surface area contributed by atoms with Crippen LogP contribution in [0.25, 0.3) is 0 Å². The van der Waals surface area contributed by atoms with Gasteiger partial charge in [-0.25, -0.2) is 18.0 Å². The van der Waals surface area contributed by atoms with Crippen molar-refractivity contribution in [3.63, 3.8) is 0 Å². The van der Waals surface area contributed by atoms with E-state index in [1.807, 2.05) is 0 Å².